The summed E-state index contributed by atoms with van der Waals surface area (Å²) in [7, 11) is 0. The maximum atomic E-state index is 12.4. The Kier molecular flexibility index (Phi) is 4.31. The quantitative estimate of drug-likeness (QED) is 0.785. The van der Waals surface area contributed by atoms with Crippen LogP contribution in [0.4, 0.5) is 0 Å². The van der Waals surface area contributed by atoms with Crippen molar-refractivity contribution in [2.45, 2.75) is 19.8 Å². The molecule has 18 heavy (non-hydrogen) atoms. The summed E-state index contributed by atoms with van der Waals surface area (Å²) < 4.78 is 5.34. The lowest BCUT2D eigenvalue weighted by Crippen LogP contribution is -2.29. The van der Waals surface area contributed by atoms with E-state index in [-0.39, 0.29) is 5.91 Å². The number of likely N-dealkylation sites (tertiary alicyclic amines) is 1. The highest BCUT2D eigenvalue weighted by molar-refractivity contribution is 7.80. The number of carbonyl (C=O) groups excluding carboxylic acids is 1. The predicted molar refractivity (Wildman–Crippen MR) is 74.9 cm³/mol. The van der Waals surface area contributed by atoms with Crippen LogP contribution in [0, 0.1) is 0 Å². The lowest BCUT2D eigenvalue weighted by atomic mass is 10.1. The second-order valence-corrected chi connectivity index (χ2v) is 4.64. The first-order valence-corrected chi connectivity index (χ1v) is 6.70. The van der Waals surface area contributed by atoms with E-state index in [9.17, 15) is 4.79 Å². The van der Waals surface area contributed by atoms with Gasteiger partial charge in [0.2, 0.25) is 0 Å². The normalized spacial score (nSPS) is 14.6. The van der Waals surface area contributed by atoms with Crippen LogP contribution in [0.5, 0.6) is 0 Å². The summed E-state index contributed by atoms with van der Waals surface area (Å²) in [4.78, 5) is 14.3. The van der Waals surface area contributed by atoms with Gasteiger partial charge in [-0.05, 0) is 44.1 Å². The molecule has 0 unspecified atom stereocenters. The van der Waals surface area contributed by atoms with Gasteiger partial charge in [0.15, 0.2) is 5.05 Å². The number of ether oxygens (including phenoxy) is 1. The Morgan fingerprint density at radius 3 is 2.50 bits per heavy atom. The molecule has 1 aromatic rings. The van der Waals surface area contributed by atoms with Gasteiger partial charge in [0, 0.05) is 18.7 Å². The third-order valence-electron chi connectivity index (χ3n) is 3.05. The summed E-state index contributed by atoms with van der Waals surface area (Å²) in [6.07, 6.45) is 2.17. The number of benzene rings is 1. The van der Waals surface area contributed by atoms with Crippen LogP contribution in [0.15, 0.2) is 24.3 Å². The van der Waals surface area contributed by atoms with E-state index in [1.807, 2.05) is 36.1 Å². The highest BCUT2D eigenvalue weighted by Crippen LogP contribution is 2.17. The number of carbonyl (C=O) groups is 1. The van der Waals surface area contributed by atoms with Crippen molar-refractivity contribution in [3.8, 4) is 0 Å². The van der Waals surface area contributed by atoms with Gasteiger partial charge in [0.1, 0.15) is 0 Å². The molecular weight excluding hydrogens is 246 g/mol. The number of thiocarbonyl (C=S) groups is 1. The second kappa shape index (κ2) is 5.96. The van der Waals surface area contributed by atoms with Crippen LogP contribution in [-0.4, -0.2) is 35.6 Å². The molecule has 1 amide bonds. The van der Waals surface area contributed by atoms with E-state index in [0.29, 0.717) is 17.2 Å². The minimum absolute atomic E-state index is 0.0603. The highest BCUT2D eigenvalue weighted by atomic mass is 32.1. The summed E-state index contributed by atoms with van der Waals surface area (Å²) >= 11 is 5.21. The van der Waals surface area contributed by atoms with Crippen molar-refractivity contribution in [1.82, 2.24) is 4.90 Å². The van der Waals surface area contributed by atoms with Crippen LogP contribution in [0.3, 0.4) is 0 Å². The van der Waals surface area contributed by atoms with Crippen molar-refractivity contribution in [3.63, 3.8) is 0 Å². The SMILES string of the molecule is CCOC(=S)c1ccccc1C(=O)N1CCCC1. The molecule has 3 nitrogen and oxygen atoms in total. The van der Waals surface area contributed by atoms with Crippen LogP contribution >= 0.6 is 12.2 Å². The van der Waals surface area contributed by atoms with Gasteiger partial charge in [0.25, 0.3) is 5.91 Å². The maximum absolute atomic E-state index is 12.4. The lowest BCUT2D eigenvalue weighted by molar-refractivity contribution is 0.0792. The van der Waals surface area contributed by atoms with Gasteiger partial charge in [0.05, 0.1) is 12.2 Å². The Bertz CT molecular complexity index is 453. The summed E-state index contributed by atoms with van der Waals surface area (Å²) in [6, 6.07) is 7.41. The zero-order valence-electron chi connectivity index (χ0n) is 10.5. The van der Waals surface area contributed by atoms with Crippen molar-refractivity contribution in [3.05, 3.63) is 35.4 Å². The molecule has 1 aromatic carbocycles. The van der Waals surface area contributed by atoms with E-state index >= 15 is 0 Å². The molecule has 0 aliphatic carbocycles. The number of rotatable bonds is 3. The summed E-state index contributed by atoms with van der Waals surface area (Å²) in [6.45, 7) is 4.09. The van der Waals surface area contributed by atoms with Gasteiger partial charge in [-0.2, -0.15) is 0 Å². The van der Waals surface area contributed by atoms with Crippen molar-refractivity contribution in [2.24, 2.45) is 0 Å². The Morgan fingerprint density at radius 1 is 1.28 bits per heavy atom. The molecule has 0 spiro atoms. The third-order valence-corrected chi connectivity index (χ3v) is 3.38. The van der Waals surface area contributed by atoms with E-state index in [1.54, 1.807) is 0 Å². The van der Waals surface area contributed by atoms with Gasteiger partial charge in [-0.1, -0.05) is 12.1 Å². The smallest absolute Gasteiger partial charge is 0.254 e. The first-order chi connectivity index (χ1) is 8.74. The molecule has 2 rings (SSSR count). The fourth-order valence-electron chi connectivity index (χ4n) is 2.15. The third kappa shape index (κ3) is 2.70. The molecule has 1 heterocycles. The summed E-state index contributed by atoms with van der Waals surface area (Å²) in [5, 5.41) is 0.403. The van der Waals surface area contributed by atoms with E-state index < -0.39 is 0 Å². The first-order valence-electron chi connectivity index (χ1n) is 6.29. The number of hydrogen-bond donors (Lipinski definition) is 0. The Labute approximate surface area is 113 Å². The number of nitrogens with zero attached hydrogens (tertiary/aromatic N) is 1. The largest absolute Gasteiger partial charge is 0.483 e. The predicted octanol–water partition coefficient (Wildman–Crippen LogP) is 2.63. The number of hydrogen-bond acceptors (Lipinski definition) is 3. The molecule has 0 saturated carbocycles. The monoisotopic (exact) mass is 263 g/mol. The molecule has 96 valence electrons. The van der Waals surface area contributed by atoms with Crippen LogP contribution < -0.4 is 0 Å². The van der Waals surface area contributed by atoms with Crippen molar-refractivity contribution >= 4 is 23.2 Å². The molecule has 0 atom stereocenters. The van der Waals surface area contributed by atoms with Crippen molar-refractivity contribution in [1.29, 1.82) is 0 Å². The standard InChI is InChI=1S/C14H17NO2S/c1-2-17-14(18)12-8-4-3-7-11(12)13(16)15-9-5-6-10-15/h3-4,7-8H,2,5-6,9-10H2,1H3. The lowest BCUT2D eigenvalue weighted by Gasteiger charge is -2.17. The molecule has 0 N–H and O–H groups in total. The van der Waals surface area contributed by atoms with Gasteiger partial charge in [-0.15, -0.1) is 0 Å². The van der Waals surface area contributed by atoms with Crippen LogP contribution in [0.25, 0.3) is 0 Å². The van der Waals surface area contributed by atoms with Crippen molar-refractivity contribution in [2.75, 3.05) is 19.7 Å². The molecule has 1 aliphatic rings. The van der Waals surface area contributed by atoms with Gasteiger partial charge in [-0.3, -0.25) is 4.79 Å². The molecule has 4 heteroatoms. The molecule has 0 radical (unpaired) electrons. The van der Waals surface area contributed by atoms with E-state index in [2.05, 4.69) is 0 Å². The van der Waals surface area contributed by atoms with Crippen LogP contribution in [-0.2, 0) is 4.74 Å². The molecule has 0 aromatic heterocycles. The molecular formula is C14H17NO2S. The van der Waals surface area contributed by atoms with Gasteiger partial charge < -0.3 is 9.64 Å². The second-order valence-electron chi connectivity index (χ2n) is 4.27. The molecule has 0 bridgehead atoms. The van der Waals surface area contributed by atoms with E-state index in [0.717, 1.165) is 31.5 Å². The fourth-order valence-corrected chi connectivity index (χ4v) is 2.44. The van der Waals surface area contributed by atoms with Gasteiger partial charge in [-0.25, -0.2) is 0 Å². The highest BCUT2D eigenvalue weighted by Gasteiger charge is 2.22. The Hall–Kier alpha value is -1.42. The molecule has 1 fully saturated rings. The Balaban J connectivity index is 2.26. The summed E-state index contributed by atoms with van der Waals surface area (Å²) in [5.74, 6) is 0.0603. The van der Waals surface area contributed by atoms with Crippen LogP contribution in [0.1, 0.15) is 35.7 Å². The average Bonchev–Trinajstić information content (AvgIpc) is 2.92. The number of amides is 1. The van der Waals surface area contributed by atoms with Crippen molar-refractivity contribution < 1.29 is 9.53 Å². The van der Waals surface area contributed by atoms with E-state index in [1.165, 1.54) is 0 Å². The Morgan fingerprint density at radius 2 is 1.89 bits per heavy atom. The molecule has 1 saturated heterocycles. The first kappa shape index (κ1) is 13.0. The van der Waals surface area contributed by atoms with E-state index in [4.69, 9.17) is 17.0 Å². The molecule has 1 aliphatic heterocycles. The fraction of sp³-hybridized carbons (Fsp3) is 0.429. The summed E-state index contributed by atoms with van der Waals surface area (Å²) in [5.41, 5.74) is 1.38. The maximum Gasteiger partial charge on any atom is 0.254 e. The van der Waals surface area contributed by atoms with Gasteiger partial charge >= 0.3 is 0 Å². The topological polar surface area (TPSA) is 29.5 Å². The minimum atomic E-state index is 0.0603. The zero-order valence-corrected chi connectivity index (χ0v) is 11.3. The zero-order chi connectivity index (χ0) is 13.0. The minimum Gasteiger partial charge on any atom is -0.483 e. The van der Waals surface area contributed by atoms with Crippen LogP contribution in [0.2, 0.25) is 0 Å². The average molecular weight is 263 g/mol.